The van der Waals surface area contributed by atoms with E-state index in [-0.39, 0.29) is 6.61 Å². The number of unbranched alkanes of at least 4 members (excludes halogenated alkanes) is 1. The smallest absolute Gasteiger partial charge is 0.217 e. The van der Waals surface area contributed by atoms with Crippen molar-refractivity contribution in [1.82, 2.24) is 14.8 Å². The van der Waals surface area contributed by atoms with Crippen molar-refractivity contribution in [3.8, 4) is 11.6 Å². The van der Waals surface area contributed by atoms with Crippen LogP contribution in [-0.2, 0) is 0 Å². The number of aliphatic hydroxyl groups is 1. The van der Waals surface area contributed by atoms with Gasteiger partial charge in [-0.2, -0.15) is 0 Å². The second-order valence-corrected chi connectivity index (χ2v) is 12.0. The van der Waals surface area contributed by atoms with E-state index in [1.165, 1.54) is 0 Å². The van der Waals surface area contributed by atoms with Gasteiger partial charge in [-0.15, -0.1) is 0 Å². The number of hydrogen-bond donors (Lipinski definition) is 1. The zero-order valence-electron chi connectivity index (χ0n) is 24.0. The molecule has 0 aliphatic carbocycles. The van der Waals surface area contributed by atoms with Crippen molar-refractivity contribution >= 4 is 26.8 Å². The lowest BCUT2D eigenvalue weighted by Crippen LogP contribution is -2.45. The molecule has 0 spiro atoms. The van der Waals surface area contributed by atoms with Gasteiger partial charge in [0.2, 0.25) is 5.88 Å². The van der Waals surface area contributed by atoms with E-state index < -0.39 is 11.5 Å². The topological polar surface area (TPSA) is 58.1 Å². The van der Waals surface area contributed by atoms with Crippen molar-refractivity contribution in [3.05, 3.63) is 101 Å². The molecule has 1 aliphatic rings. The second kappa shape index (κ2) is 13.8. The van der Waals surface area contributed by atoms with Crippen molar-refractivity contribution in [1.29, 1.82) is 0 Å². The maximum atomic E-state index is 12.7. The molecular weight excluding hydrogens is 578 g/mol. The van der Waals surface area contributed by atoms with Gasteiger partial charge in [0.1, 0.15) is 18.0 Å². The maximum absolute atomic E-state index is 12.7. The summed E-state index contributed by atoms with van der Waals surface area (Å²) in [5, 5.41) is 13.7. The van der Waals surface area contributed by atoms with Gasteiger partial charge < -0.3 is 24.4 Å². The molecule has 6 nitrogen and oxygen atoms in total. The third-order valence-corrected chi connectivity index (χ3v) is 8.60. The number of halogens is 1. The summed E-state index contributed by atoms with van der Waals surface area (Å²) in [4.78, 5) is 9.78. The molecule has 216 valence electrons. The number of ether oxygens (including phenoxy) is 2. The van der Waals surface area contributed by atoms with E-state index in [1.807, 2.05) is 60.7 Å². The van der Waals surface area contributed by atoms with Gasteiger partial charge in [-0.05, 0) is 74.8 Å². The molecule has 0 bridgehead atoms. The quantitative estimate of drug-likeness (QED) is 0.187. The number of aromatic nitrogens is 1. The van der Waals surface area contributed by atoms with E-state index in [0.29, 0.717) is 12.3 Å². The van der Waals surface area contributed by atoms with Crippen LogP contribution in [-0.4, -0.2) is 79.0 Å². The van der Waals surface area contributed by atoms with Gasteiger partial charge in [0.05, 0.1) is 12.6 Å². The molecule has 1 fully saturated rings. The number of fused-ring (bicyclic) bond motifs is 1. The number of benzene rings is 3. The van der Waals surface area contributed by atoms with Crippen LogP contribution in [0.3, 0.4) is 0 Å². The lowest BCUT2D eigenvalue weighted by molar-refractivity contribution is -0.0286. The zero-order chi connectivity index (χ0) is 28.7. The number of para-hydroxylation sites is 1. The summed E-state index contributed by atoms with van der Waals surface area (Å²) >= 11 is 3.61. The number of hydrogen-bond acceptors (Lipinski definition) is 6. The van der Waals surface area contributed by atoms with Crippen LogP contribution in [0.4, 0.5) is 0 Å². The van der Waals surface area contributed by atoms with E-state index in [4.69, 9.17) is 14.5 Å². The first-order valence-corrected chi connectivity index (χ1v) is 15.2. The third-order valence-electron chi connectivity index (χ3n) is 8.11. The molecule has 2 atom stereocenters. The predicted octanol–water partition coefficient (Wildman–Crippen LogP) is 6.37. The van der Waals surface area contributed by atoms with Gasteiger partial charge in [0.25, 0.3) is 0 Å². The Morgan fingerprint density at radius 2 is 1.63 bits per heavy atom. The maximum Gasteiger partial charge on any atom is 0.217 e. The molecule has 1 saturated heterocycles. The van der Waals surface area contributed by atoms with Crippen LogP contribution in [0.15, 0.2) is 89.4 Å². The van der Waals surface area contributed by atoms with E-state index in [1.54, 1.807) is 7.11 Å². The number of likely N-dealkylation sites (N-methyl/N-ethyl adjacent to an activating group) is 1. The first-order valence-electron chi connectivity index (χ1n) is 14.5. The molecule has 1 N–H and O–H groups in total. The Hall–Kier alpha value is -2.97. The highest BCUT2D eigenvalue weighted by molar-refractivity contribution is 9.10. The predicted molar refractivity (Wildman–Crippen MR) is 169 cm³/mol. The average Bonchev–Trinajstić information content (AvgIpc) is 3.00. The van der Waals surface area contributed by atoms with Crippen LogP contribution in [0.5, 0.6) is 11.6 Å². The van der Waals surface area contributed by atoms with E-state index >= 15 is 0 Å². The van der Waals surface area contributed by atoms with Crippen LogP contribution in [0.1, 0.15) is 36.3 Å². The minimum absolute atomic E-state index is 0.144. The molecule has 2 heterocycles. The Morgan fingerprint density at radius 3 is 2.34 bits per heavy atom. The Bertz CT molecular complexity index is 1400. The summed E-state index contributed by atoms with van der Waals surface area (Å²) in [7, 11) is 3.83. The van der Waals surface area contributed by atoms with Gasteiger partial charge in [-0.3, -0.25) is 0 Å². The number of rotatable bonds is 12. The van der Waals surface area contributed by atoms with Crippen LogP contribution in [0.25, 0.3) is 10.9 Å². The van der Waals surface area contributed by atoms with Crippen LogP contribution in [0, 0.1) is 0 Å². The lowest BCUT2D eigenvalue weighted by atomic mass is 9.75. The van der Waals surface area contributed by atoms with Crippen molar-refractivity contribution in [2.45, 2.75) is 30.8 Å². The number of nitrogens with zero attached hydrogens (tertiary/aromatic N) is 3. The van der Waals surface area contributed by atoms with Gasteiger partial charge in [-0.25, -0.2) is 4.98 Å². The SMILES string of the molecule is COc1nc2ccc(Br)cc2cc1C(c1ccccc1)C(O)(CCCCN1CCN(C)CC1)COc1ccccc1. The fourth-order valence-electron chi connectivity index (χ4n) is 5.80. The minimum Gasteiger partial charge on any atom is -0.491 e. The highest BCUT2D eigenvalue weighted by Crippen LogP contribution is 2.43. The van der Waals surface area contributed by atoms with E-state index in [2.05, 4.69) is 57.0 Å². The fraction of sp³-hybridized carbons (Fsp3) is 0.382. The van der Waals surface area contributed by atoms with Crippen molar-refractivity contribution in [3.63, 3.8) is 0 Å². The normalized spacial score (nSPS) is 16.8. The summed E-state index contributed by atoms with van der Waals surface area (Å²) in [5.41, 5.74) is 1.48. The second-order valence-electron chi connectivity index (χ2n) is 11.1. The number of pyridine rings is 1. The van der Waals surface area contributed by atoms with Gasteiger partial charge in [-0.1, -0.05) is 64.5 Å². The summed E-state index contributed by atoms with van der Waals surface area (Å²) in [6.45, 7) is 5.59. The molecule has 41 heavy (non-hydrogen) atoms. The van der Waals surface area contributed by atoms with Gasteiger partial charge in [0.15, 0.2) is 0 Å². The molecule has 0 amide bonds. The molecule has 4 aromatic rings. The molecular formula is C34H40BrN3O3. The van der Waals surface area contributed by atoms with Crippen LogP contribution < -0.4 is 9.47 Å². The molecule has 0 radical (unpaired) electrons. The average molecular weight is 619 g/mol. The molecule has 2 unspecified atom stereocenters. The largest absolute Gasteiger partial charge is 0.491 e. The first-order chi connectivity index (χ1) is 19.9. The van der Waals surface area contributed by atoms with E-state index in [0.717, 1.165) is 77.8 Å². The molecule has 7 heteroatoms. The van der Waals surface area contributed by atoms with E-state index in [9.17, 15) is 5.11 Å². The van der Waals surface area contributed by atoms with Crippen LogP contribution in [0.2, 0.25) is 0 Å². The Morgan fingerprint density at radius 1 is 0.927 bits per heavy atom. The number of piperazine rings is 1. The highest BCUT2D eigenvalue weighted by Gasteiger charge is 2.41. The van der Waals surface area contributed by atoms with Crippen molar-refractivity contribution < 1.29 is 14.6 Å². The first kappa shape index (κ1) is 29.5. The lowest BCUT2D eigenvalue weighted by Gasteiger charge is -2.38. The highest BCUT2D eigenvalue weighted by atomic mass is 79.9. The molecule has 3 aromatic carbocycles. The standard InChI is InChI=1S/C34H40BrN3O3/c1-37-19-21-38(22-20-37)18-10-9-17-34(39,25-41-29-13-7-4-8-14-29)32(26-11-5-3-6-12-26)30-24-27-23-28(35)15-16-31(27)36-33(30)40-2/h3-8,11-16,23-24,32,39H,9-10,17-22,25H2,1-2H3. The van der Waals surface area contributed by atoms with Gasteiger partial charge in [0, 0.05) is 47.5 Å². The van der Waals surface area contributed by atoms with Crippen LogP contribution >= 0.6 is 15.9 Å². The Labute approximate surface area is 252 Å². The molecule has 5 rings (SSSR count). The van der Waals surface area contributed by atoms with Crippen molar-refractivity contribution in [2.75, 3.05) is 53.5 Å². The summed E-state index contributed by atoms with van der Waals surface area (Å²) in [6, 6.07) is 28.1. The Kier molecular flexibility index (Phi) is 9.93. The minimum atomic E-state index is -1.21. The van der Waals surface area contributed by atoms with Gasteiger partial charge >= 0.3 is 0 Å². The fourth-order valence-corrected chi connectivity index (χ4v) is 6.18. The number of methoxy groups -OCH3 is 1. The molecule has 1 aliphatic heterocycles. The third kappa shape index (κ3) is 7.46. The summed E-state index contributed by atoms with van der Waals surface area (Å²) < 4.78 is 13.1. The molecule has 1 aromatic heterocycles. The van der Waals surface area contributed by atoms with Crippen molar-refractivity contribution in [2.24, 2.45) is 0 Å². The monoisotopic (exact) mass is 617 g/mol. The summed E-state index contributed by atoms with van der Waals surface area (Å²) in [6.07, 6.45) is 2.46. The molecule has 0 saturated carbocycles. The Balaban J connectivity index is 1.50. The summed E-state index contributed by atoms with van der Waals surface area (Å²) in [5.74, 6) is 0.842. The zero-order valence-corrected chi connectivity index (χ0v) is 25.6.